The van der Waals surface area contributed by atoms with Gasteiger partial charge in [-0.2, -0.15) is 5.10 Å². The van der Waals surface area contributed by atoms with Gasteiger partial charge in [-0.15, -0.1) is 0 Å². The molecular formula is C19H20ClN3O2. The Balaban J connectivity index is 1.94. The fourth-order valence-electron chi connectivity index (χ4n) is 2.43. The molecule has 0 fully saturated rings. The quantitative estimate of drug-likeness (QED) is 0.703. The Bertz CT molecular complexity index is 836. The number of hydrogen-bond acceptors (Lipinski definition) is 3. The zero-order valence-corrected chi connectivity index (χ0v) is 15.0. The van der Waals surface area contributed by atoms with E-state index in [1.165, 1.54) is 0 Å². The molecule has 0 saturated carbocycles. The highest BCUT2D eigenvalue weighted by molar-refractivity contribution is 6.30. The standard InChI is InChI=1S/C19H20ClN3O2/c1-13(2)9-10-21-19(24)17-12-16(18-4-3-11-25-18)22-23(17)15-7-5-14(20)6-8-15/h3-8,11-13H,9-10H2,1-2H3,(H,21,24). The van der Waals surface area contributed by atoms with Crippen LogP contribution in [0.15, 0.2) is 53.1 Å². The number of halogens is 1. The predicted molar refractivity (Wildman–Crippen MR) is 98.1 cm³/mol. The summed E-state index contributed by atoms with van der Waals surface area (Å²) in [5.74, 6) is 0.977. The van der Waals surface area contributed by atoms with Crippen molar-refractivity contribution in [1.82, 2.24) is 15.1 Å². The summed E-state index contributed by atoms with van der Waals surface area (Å²) in [6.07, 6.45) is 2.50. The van der Waals surface area contributed by atoms with Crippen molar-refractivity contribution in [2.75, 3.05) is 6.54 Å². The number of carbonyl (C=O) groups excluding carboxylic acids is 1. The van der Waals surface area contributed by atoms with Crippen LogP contribution in [0.4, 0.5) is 0 Å². The molecule has 0 bridgehead atoms. The Morgan fingerprint density at radius 2 is 2.04 bits per heavy atom. The summed E-state index contributed by atoms with van der Waals surface area (Å²) in [6, 6.07) is 12.5. The van der Waals surface area contributed by atoms with Gasteiger partial charge in [0.05, 0.1) is 12.0 Å². The molecule has 1 N–H and O–H groups in total. The van der Waals surface area contributed by atoms with Gasteiger partial charge in [0.1, 0.15) is 11.4 Å². The predicted octanol–water partition coefficient (Wildman–Crippen LogP) is 4.56. The van der Waals surface area contributed by atoms with Crippen molar-refractivity contribution in [2.45, 2.75) is 20.3 Å². The molecule has 1 aromatic carbocycles. The van der Waals surface area contributed by atoms with E-state index in [2.05, 4.69) is 24.3 Å². The van der Waals surface area contributed by atoms with E-state index < -0.39 is 0 Å². The van der Waals surface area contributed by atoms with Crippen LogP contribution in [0.3, 0.4) is 0 Å². The second-order valence-corrected chi connectivity index (χ2v) is 6.66. The van der Waals surface area contributed by atoms with Crippen LogP contribution in [-0.4, -0.2) is 22.2 Å². The summed E-state index contributed by atoms with van der Waals surface area (Å²) in [5.41, 5.74) is 1.82. The largest absolute Gasteiger partial charge is 0.463 e. The van der Waals surface area contributed by atoms with Crippen LogP contribution in [-0.2, 0) is 0 Å². The number of nitrogens with one attached hydrogen (secondary N) is 1. The Morgan fingerprint density at radius 3 is 2.68 bits per heavy atom. The molecule has 3 rings (SSSR count). The first-order valence-electron chi connectivity index (χ1n) is 8.22. The number of rotatable bonds is 6. The Labute approximate surface area is 151 Å². The molecule has 6 heteroatoms. The molecule has 0 spiro atoms. The van der Waals surface area contributed by atoms with Gasteiger partial charge in [-0.25, -0.2) is 4.68 Å². The van der Waals surface area contributed by atoms with Crippen molar-refractivity contribution >= 4 is 17.5 Å². The van der Waals surface area contributed by atoms with Gasteiger partial charge in [0.25, 0.3) is 5.91 Å². The van der Waals surface area contributed by atoms with Gasteiger partial charge < -0.3 is 9.73 Å². The number of amides is 1. The summed E-state index contributed by atoms with van der Waals surface area (Å²) < 4.78 is 7.02. The number of aromatic nitrogens is 2. The normalized spacial score (nSPS) is 11.0. The number of hydrogen-bond donors (Lipinski definition) is 1. The molecule has 0 atom stereocenters. The molecule has 1 amide bonds. The lowest BCUT2D eigenvalue weighted by Gasteiger charge is -2.09. The molecule has 25 heavy (non-hydrogen) atoms. The second-order valence-electron chi connectivity index (χ2n) is 6.22. The molecule has 2 aromatic heterocycles. The first kappa shape index (κ1) is 17.3. The van der Waals surface area contributed by atoms with Crippen molar-refractivity contribution in [2.24, 2.45) is 5.92 Å². The van der Waals surface area contributed by atoms with Crippen molar-refractivity contribution in [3.8, 4) is 17.1 Å². The molecule has 0 radical (unpaired) electrons. The third-order valence-corrected chi connectivity index (χ3v) is 4.05. The van der Waals surface area contributed by atoms with Gasteiger partial charge in [0, 0.05) is 17.6 Å². The maximum Gasteiger partial charge on any atom is 0.270 e. The summed E-state index contributed by atoms with van der Waals surface area (Å²) in [6.45, 7) is 4.87. The zero-order chi connectivity index (χ0) is 17.8. The van der Waals surface area contributed by atoms with Crippen molar-refractivity contribution in [1.29, 1.82) is 0 Å². The van der Waals surface area contributed by atoms with E-state index in [1.54, 1.807) is 35.2 Å². The van der Waals surface area contributed by atoms with Crippen LogP contribution in [0, 0.1) is 5.92 Å². The Kier molecular flexibility index (Phi) is 5.24. The maximum atomic E-state index is 12.6. The Morgan fingerprint density at radius 1 is 1.28 bits per heavy atom. The smallest absolute Gasteiger partial charge is 0.270 e. The third-order valence-electron chi connectivity index (χ3n) is 3.79. The van der Waals surface area contributed by atoms with E-state index in [-0.39, 0.29) is 5.91 Å². The monoisotopic (exact) mass is 357 g/mol. The lowest BCUT2D eigenvalue weighted by atomic mass is 10.1. The van der Waals surface area contributed by atoms with E-state index in [0.717, 1.165) is 12.1 Å². The van der Waals surface area contributed by atoms with Gasteiger partial charge in [-0.1, -0.05) is 25.4 Å². The highest BCUT2D eigenvalue weighted by atomic mass is 35.5. The molecule has 0 saturated heterocycles. The molecule has 0 unspecified atom stereocenters. The Hall–Kier alpha value is -2.53. The van der Waals surface area contributed by atoms with E-state index in [9.17, 15) is 4.79 Å². The summed E-state index contributed by atoms with van der Waals surface area (Å²) in [7, 11) is 0. The van der Waals surface area contributed by atoms with Crippen LogP contribution >= 0.6 is 11.6 Å². The highest BCUT2D eigenvalue weighted by Gasteiger charge is 2.18. The molecular weight excluding hydrogens is 338 g/mol. The van der Waals surface area contributed by atoms with Gasteiger partial charge in [0.15, 0.2) is 5.76 Å². The van der Waals surface area contributed by atoms with Crippen LogP contribution in [0.1, 0.15) is 30.8 Å². The first-order chi connectivity index (χ1) is 12.0. The molecule has 0 aliphatic rings. The lowest BCUT2D eigenvalue weighted by molar-refractivity contribution is 0.0944. The summed E-state index contributed by atoms with van der Waals surface area (Å²) >= 11 is 5.96. The zero-order valence-electron chi connectivity index (χ0n) is 14.2. The molecule has 0 aliphatic heterocycles. The highest BCUT2D eigenvalue weighted by Crippen LogP contribution is 2.23. The summed E-state index contributed by atoms with van der Waals surface area (Å²) in [4.78, 5) is 12.6. The van der Waals surface area contributed by atoms with E-state index in [0.29, 0.717) is 34.6 Å². The van der Waals surface area contributed by atoms with Crippen molar-refractivity contribution in [3.63, 3.8) is 0 Å². The molecule has 2 heterocycles. The van der Waals surface area contributed by atoms with Gasteiger partial charge in [-0.3, -0.25) is 4.79 Å². The average molecular weight is 358 g/mol. The lowest BCUT2D eigenvalue weighted by Crippen LogP contribution is -2.27. The minimum atomic E-state index is -0.166. The maximum absolute atomic E-state index is 12.6. The van der Waals surface area contributed by atoms with E-state index in [1.807, 2.05) is 18.2 Å². The minimum absolute atomic E-state index is 0.166. The van der Waals surface area contributed by atoms with Gasteiger partial charge in [-0.05, 0) is 48.7 Å². The van der Waals surface area contributed by atoms with E-state index in [4.69, 9.17) is 16.0 Å². The van der Waals surface area contributed by atoms with Crippen LogP contribution < -0.4 is 5.32 Å². The van der Waals surface area contributed by atoms with Gasteiger partial charge in [0.2, 0.25) is 0 Å². The minimum Gasteiger partial charge on any atom is -0.463 e. The number of carbonyl (C=O) groups is 1. The second kappa shape index (κ2) is 7.57. The molecule has 130 valence electrons. The molecule has 5 nitrogen and oxygen atoms in total. The fraction of sp³-hybridized carbons (Fsp3) is 0.263. The fourth-order valence-corrected chi connectivity index (χ4v) is 2.56. The molecule has 3 aromatic rings. The average Bonchev–Trinajstić information content (AvgIpc) is 3.24. The van der Waals surface area contributed by atoms with Crippen molar-refractivity contribution in [3.05, 3.63) is 59.4 Å². The number of furan rings is 1. The van der Waals surface area contributed by atoms with E-state index >= 15 is 0 Å². The first-order valence-corrected chi connectivity index (χ1v) is 8.60. The number of nitrogens with zero attached hydrogens (tertiary/aromatic N) is 2. The number of benzene rings is 1. The van der Waals surface area contributed by atoms with Crippen LogP contribution in [0.2, 0.25) is 5.02 Å². The van der Waals surface area contributed by atoms with Crippen LogP contribution in [0.5, 0.6) is 0 Å². The molecule has 0 aliphatic carbocycles. The van der Waals surface area contributed by atoms with Crippen molar-refractivity contribution < 1.29 is 9.21 Å². The SMILES string of the molecule is CC(C)CCNC(=O)c1cc(-c2ccco2)nn1-c1ccc(Cl)cc1. The topological polar surface area (TPSA) is 60.1 Å². The third kappa shape index (κ3) is 4.12. The van der Waals surface area contributed by atoms with Gasteiger partial charge >= 0.3 is 0 Å². The summed E-state index contributed by atoms with van der Waals surface area (Å²) in [5, 5.41) is 8.12. The van der Waals surface area contributed by atoms with Crippen LogP contribution in [0.25, 0.3) is 17.1 Å².